The summed E-state index contributed by atoms with van der Waals surface area (Å²) in [6, 6.07) is 0. The molecule has 13 heavy (non-hydrogen) atoms. The second-order valence-electron chi connectivity index (χ2n) is 1.61. The molecule has 0 atom stereocenters. The van der Waals surface area contributed by atoms with E-state index in [1.807, 2.05) is 0 Å². The van der Waals surface area contributed by atoms with Gasteiger partial charge in [0.1, 0.15) is 6.61 Å². The van der Waals surface area contributed by atoms with Crippen LogP contribution < -0.4 is 0 Å². The molecule has 10 heteroatoms. The summed E-state index contributed by atoms with van der Waals surface area (Å²) in [5.41, 5.74) is 0. The Kier molecular flexibility index (Phi) is 4.00. The maximum absolute atomic E-state index is 11.3. The molecule has 0 unspecified atom stereocenters. The molecule has 0 rings (SSSR count). The second-order valence-corrected chi connectivity index (χ2v) is 2.83. The molecule has 0 saturated carbocycles. The van der Waals surface area contributed by atoms with Crippen LogP contribution in [0.25, 0.3) is 0 Å². The van der Waals surface area contributed by atoms with Gasteiger partial charge in [-0.25, -0.2) is 13.0 Å². The minimum atomic E-state index is -5.49. The van der Waals surface area contributed by atoms with E-state index in [0.717, 1.165) is 0 Å². The first-order valence-electron chi connectivity index (χ1n) is 2.57. The van der Waals surface area contributed by atoms with Crippen molar-refractivity contribution in [3.63, 3.8) is 0 Å². The zero-order valence-electron chi connectivity index (χ0n) is 5.72. The number of rotatable bonds is 4. The monoisotopic (exact) mass is 230 g/mol. The molecular formula is C3H3F5O4S. The van der Waals surface area contributed by atoms with Gasteiger partial charge in [0.05, 0.1) is 0 Å². The van der Waals surface area contributed by atoms with Gasteiger partial charge >= 0.3 is 16.8 Å². The highest BCUT2D eigenvalue weighted by atomic mass is 32.3. The van der Waals surface area contributed by atoms with Gasteiger partial charge in [-0.1, -0.05) is 0 Å². The van der Waals surface area contributed by atoms with Crippen molar-refractivity contribution in [2.75, 3.05) is 6.61 Å². The predicted octanol–water partition coefficient (Wildman–Crippen LogP) is 1.05. The molecule has 0 fully saturated rings. The summed E-state index contributed by atoms with van der Waals surface area (Å²) in [6.45, 7) is -1.68. The fourth-order valence-electron chi connectivity index (χ4n) is 0.275. The molecule has 0 radical (unpaired) electrons. The summed E-state index contributed by atoms with van der Waals surface area (Å²) in [5.74, 6) is 0. The third-order valence-corrected chi connectivity index (χ3v) is 1.35. The standard InChI is InChI=1S/C3H3F5O4S/c4-2(5)1-11-13(9,10)12-3(6,7)8/h2H,1H2. The van der Waals surface area contributed by atoms with Gasteiger partial charge in [-0.15, -0.1) is 17.4 Å². The molecular weight excluding hydrogens is 227 g/mol. The van der Waals surface area contributed by atoms with Crippen molar-refractivity contribution in [3.05, 3.63) is 0 Å². The maximum atomic E-state index is 11.3. The SMILES string of the molecule is O=S(=O)(OCC(F)F)OC(F)(F)F. The molecule has 0 aromatic carbocycles. The molecule has 0 aliphatic rings. The average molecular weight is 230 g/mol. The Balaban J connectivity index is 4.11. The minimum absolute atomic E-state index is 1.68. The van der Waals surface area contributed by atoms with Gasteiger partial charge in [0.15, 0.2) is 0 Å². The zero-order chi connectivity index (χ0) is 10.7. The lowest BCUT2D eigenvalue weighted by molar-refractivity contribution is -0.275. The number of hydrogen-bond donors (Lipinski definition) is 0. The fraction of sp³-hybridized carbons (Fsp3) is 1.00. The Bertz CT molecular complexity index is 243. The van der Waals surface area contributed by atoms with E-state index < -0.39 is 29.8 Å². The molecule has 0 aromatic heterocycles. The summed E-state index contributed by atoms with van der Waals surface area (Å²) in [6.07, 6.45) is -8.69. The minimum Gasteiger partial charge on any atom is -0.242 e. The fourth-order valence-corrected chi connectivity index (χ4v) is 0.824. The lowest BCUT2D eigenvalue weighted by Crippen LogP contribution is -2.23. The third kappa shape index (κ3) is 7.87. The Labute approximate surface area is 69.6 Å². The third-order valence-electron chi connectivity index (χ3n) is 0.535. The first-order valence-corrected chi connectivity index (χ1v) is 3.90. The molecule has 80 valence electrons. The lowest BCUT2D eigenvalue weighted by Gasteiger charge is -2.06. The van der Waals surface area contributed by atoms with Gasteiger partial charge in [0.25, 0.3) is 6.43 Å². The van der Waals surface area contributed by atoms with Gasteiger partial charge in [0, 0.05) is 0 Å². The molecule has 0 saturated heterocycles. The van der Waals surface area contributed by atoms with E-state index in [-0.39, 0.29) is 0 Å². The topological polar surface area (TPSA) is 52.6 Å². The van der Waals surface area contributed by atoms with Crippen molar-refractivity contribution in [3.8, 4) is 0 Å². The van der Waals surface area contributed by atoms with Crippen LogP contribution in [0, 0.1) is 0 Å². The van der Waals surface area contributed by atoms with Crippen molar-refractivity contribution in [2.24, 2.45) is 0 Å². The van der Waals surface area contributed by atoms with Crippen LogP contribution in [0.2, 0.25) is 0 Å². The van der Waals surface area contributed by atoms with Gasteiger partial charge < -0.3 is 0 Å². The van der Waals surface area contributed by atoms with E-state index in [0.29, 0.717) is 0 Å². The van der Waals surface area contributed by atoms with E-state index in [4.69, 9.17) is 0 Å². The normalized spacial score (nSPS) is 13.7. The van der Waals surface area contributed by atoms with Crippen molar-refractivity contribution in [1.82, 2.24) is 0 Å². The smallest absolute Gasteiger partial charge is 0.242 e. The van der Waals surface area contributed by atoms with Crippen LogP contribution >= 0.6 is 0 Å². The summed E-state index contributed by atoms with van der Waals surface area (Å²) >= 11 is 0. The highest BCUT2D eigenvalue weighted by molar-refractivity contribution is 7.81. The predicted molar refractivity (Wildman–Crippen MR) is 28.0 cm³/mol. The molecule has 0 N–H and O–H groups in total. The Morgan fingerprint density at radius 1 is 1.23 bits per heavy atom. The summed E-state index contributed by atoms with van der Waals surface area (Å²) < 4.78 is 81.8. The first-order chi connectivity index (χ1) is 5.62. The number of halogens is 5. The molecule has 0 bridgehead atoms. The molecule has 0 spiro atoms. The van der Waals surface area contributed by atoms with E-state index in [2.05, 4.69) is 8.37 Å². The second kappa shape index (κ2) is 4.15. The largest absolute Gasteiger partial charge is 0.538 e. The lowest BCUT2D eigenvalue weighted by atomic mass is 10.8. The highest BCUT2D eigenvalue weighted by Gasteiger charge is 2.38. The van der Waals surface area contributed by atoms with Crippen molar-refractivity contribution >= 4 is 10.4 Å². The van der Waals surface area contributed by atoms with Crippen LogP contribution in [0.3, 0.4) is 0 Å². The molecule has 0 amide bonds. The van der Waals surface area contributed by atoms with Crippen molar-refractivity contribution in [1.29, 1.82) is 0 Å². The average Bonchev–Trinajstić information content (AvgIpc) is 1.78. The van der Waals surface area contributed by atoms with Crippen LogP contribution in [0.15, 0.2) is 0 Å². The van der Waals surface area contributed by atoms with E-state index >= 15 is 0 Å². The summed E-state index contributed by atoms with van der Waals surface area (Å²) in [4.78, 5) is 0. The molecule has 4 nitrogen and oxygen atoms in total. The Hall–Kier alpha value is -0.480. The van der Waals surface area contributed by atoms with Crippen LogP contribution in [0.1, 0.15) is 0 Å². The zero-order valence-corrected chi connectivity index (χ0v) is 6.53. The molecule has 0 aliphatic carbocycles. The van der Waals surface area contributed by atoms with E-state index in [1.165, 1.54) is 0 Å². The van der Waals surface area contributed by atoms with Gasteiger partial charge in [-0.3, -0.25) is 0 Å². The van der Waals surface area contributed by atoms with Gasteiger partial charge in [0.2, 0.25) is 0 Å². The Morgan fingerprint density at radius 3 is 2.00 bits per heavy atom. The van der Waals surface area contributed by atoms with E-state index in [1.54, 1.807) is 0 Å². The van der Waals surface area contributed by atoms with Crippen molar-refractivity contribution < 1.29 is 38.7 Å². The van der Waals surface area contributed by atoms with Crippen LogP contribution in [0.4, 0.5) is 22.0 Å². The molecule has 0 heterocycles. The van der Waals surface area contributed by atoms with Crippen LogP contribution in [-0.4, -0.2) is 27.8 Å². The quantitative estimate of drug-likeness (QED) is 0.677. The van der Waals surface area contributed by atoms with Crippen LogP contribution in [-0.2, 0) is 18.8 Å². The maximum Gasteiger partial charge on any atom is 0.538 e. The van der Waals surface area contributed by atoms with Crippen LogP contribution in [0.5, 0.6) is 0 Å². The summed E-state index contributed by atoms with van der Waals surface area (Å²) in [7, 11) is -5.44. The Morgan fingerprint density at radius 2 is 1.69 bits per heavy atom. The van der Waals surface area contributed by atoms with E-state index in [9.17, 15) is 30.4 Å². The number of alkyl halides is 5. The van der Waals surface area contributed by atoms with Crippen molar-refractivity contribution in [2.45, 2.75) is 12.8 Å². The summed E-state index contributed by atoms with van der Waals surface area (Å²) in [5, 5.41) is 0. The number of hydrogen-bond acceptors (Lipinski definition) is 4. The highest BCUT2D eigenvalue weighted by Crippen LogP contribution is 2.20. The molecule has 0 aromatic rings. The van der Waals surface area contributed by atoms with Gasteiger partial charge in [-0.2, -0.15) is 8.42 Å². The molecule has 0 aliphatic heterocycles. The first kappa shape index (κ1) is 12.5. The van der Waals surface area contributed by atoms with Gasteiger partial charge in [-0.05, 0) is 0 Å².